The molecule has 1 aliphatic rings. The molecule has 11 heteroatoms. The number of methoxy groups -OCH3 is 2. The summed E-state index contributed by atoms with van der Waals surface area (Å²) in [5.41, 5.74) is 7.73. The molecule has 0 bridgehead atoms. The maximum atomic E-state index is 14.7. The summed E-state index contributed by atoms with van der Waals surface area (Å²) in [5.74, 6) is -1.26. The van der Waals surface area contributed by atoms with Gasteiger partial charge < -0.3 is 15.2 Å². The molecule has 1 amide bonds. The fraction of sp³-hybridized carbons (Fsp3) is 0.241. The average Bonchev–Trinajstić information content (AvgIpc) is 3.69. The van der Waals surface area contributed by atoms with Gasteiger partial charge in [0.2, 0.25) is 15.9 Å². The molecule has 1 atom stereocenters. The minimum Gasteiger partial charge on any atom is -0.497 e. The van der Waals surface area contributed by atoms with Crippen LogP contribution in [0.1, 0.15) is 47.1 Å². The van der Waals surface area contributed by atoms with Gasteiger partial charge in [0.1, 0.15) is 22.2 Å². The smallest absolute Gasteiger partial charge is 0.243 e. The summed E-state index contributed by atoms with van der Waals surface area (Å²) >= 11 is 0. The van der Waals surface area contributed by atoms with Gasteiger partial charge >= 0.3 is 0 Å². The van der Waals surface area contributed by atoms with E-state index < -0.39 is 27.7 Å². The molecule has 5 rings (SSSR count). The van der Waals surface area contributed by atoms with E-state index in [1.54, 1.807) is 42.6 Å². The zero-order valence-corrected chi connectivity index (χ0v) is 22.8. The number of primary amides is 1. The normalized spacial score (nSPS) is 14.1. The SMILES string of the molecule is COc1ccc(CNS(=O)(=O)c2cc(C(C(N)=O)c3ccccc3F)ccc2-n2ccc(C3CC3)n2)c(OC)c1. The van der Waals surface area contributed by atoms with Crippen LogP contribution in [-0.2, 0) is 21.4 Å². The third kappa shape index (κ3) is 5.56. The van der Waals surface area contributed by atoms with Gasteiger partial charge in [-0.2, -0.15) is 5.10 Å². The van der Waals surface area contributed by atoms with Gasteiger partial charge in [-0.15, -0.1) is 0 Å². The lowest BCUT2D eigenvalue weighted by Gasteiger charge is -2.19. The van der Waals surface area contributed by atoms with Crippen LogP contribution in [0.4, 0.5) is 4.39 Å². The lowest BCUT2D eigenvalue weighted by molar-refractivity contribution is -0.118. The van der Waals surface area contributed by atoms with Gasteiger partial charge in [0.25, 0.3) is 0 Å². The van der Waals surface area contributed by atoms with Crippen molar-refractivity contribution in [3.63, 3.8) is 0 Å². The molecule has 1 aromatic heterocycles. The van der Waals surface area contributed by atoms with E-state index in [4.69, 9.17) is 15.2 Å². The quantitative estimate of drug-likeness (QED) is 0.284. The summed E-state index contributed by atoms with van der Waals surface area (Å²) < 4.78 is 57.1. The first-order valence-corrected chi connectivity index (χ1v) is 14.1. The Morgan fingerprint density at radius 1 is 1.10 bits per heavy atom. The zero-order valence-electron chi connectivity index (χ0n) is 22.0. The lowest BCUT2D eigenvalue weighted by Crippen LogP contribution is -2.27. The fourth-order valence-corrected chi connectivity index (χ4v) is 5.87. The Morgan fingerprint density at radius 3 is 2.55 bits per heavy atom. The second-order valence-corrected chi connectivity index (χ2v) is 11.3. The molecule has 1 aliphatic carbocycles. The van der Waals surface area contributed by atoms with Crippen LogP contribution < -0.4 is 19.9 Å². The van der Waals surface area contributed by atoms with Crippen molar-refractivity contribution in [2.75, 3.05) is 14.2 Å². The molecule has 0 radical (unpaired) electrons. The van der Waals surface area contributed by atoms with Gasteiger partial charge in [-0.1, -0.05) is 30.3 Å². The molecule has 0 saturated heterocycles. The number of sulfonamides is 1. The van der Waals surface area contributed by atoms with Crippen LogP contribution in [0.25, 0.3) is 5.69 Å². The fourth-order valence-electron chi connectivity index (χ4n) is 4.64. The van der Waals surface area contributed by atoms with Gasteiger partial charge in [0.05, 0.1) is 31.5 Å². The molecule has 1 unspecified atom stereocenters. The number of hydrogen-bond acceptors (Lipinski definition) is 6. The molecule has 9 nitrogen and oxygen atoms in total. The Balaban J connectivity index is 1.57. The third-order valence-corrected chi connectivity index (χ3v) is 8.34. The number of nitrogens with one attached hydrogen (secondary N) is 1. The van der Waals surface area contributed by atoms with Crippen molar-refractivity contribution in [3.05, 3.63) is 101 Å². The number of aromatic nitrogens is 2. The molecular weight excluding hydrogens is 535 g/mol. The highest BCUT2D eigenvalue weighted by Crippen LogP contribution is 2.39. The van der Waals surface area contributed by atoms with Gasteiger partial charge in [-0.25, -0.2) is 22.2 Å². The molecular formula is C29H29FN4O5S. The lowest BCUT2D eigenvalue weighted by atomic mass is 9.90. The van der Waals surface area contributed by atoms with Crippen molar-refractivity contribution in [2.45, 2.75) is 36.1 Å². The predicted molar refractivity (Wildman–Crippen MR) is 147 cm³/mol. The number of nitrogens with zero attached hydrogens (tertiary/aromatic N) is 2. The Kier molecular flexibility index (Phi) is 7.59. The monoisotopic (exact) mass is 564 g/mol. The second kappa shape index (κ2) is 11.1. The van der Waals surface area contributed by atoms with Crippen LogP contribution in [0, 0.1) is 5.82 Å². The largest absolute Gasteiger partial charge is 0.497 e. The molecule has 0 spiro atoms. The Bertz CT molecular complexity index is 1670. The van der Waals surface area contributed by atoms with Crippen molar-refractivity contribution in [1.82, 2.24) is 14.5 Å². The van der Waals surface area contributed by atoms with Crippen LogP contribution in [0.2, 0.25) is 0 Å². The first kappa shape index (κ1) is 27.4. The van der Waals surface area contributed by atoms with Gasteiger partial charge in [0.15, 0.2) is 0 Å². The highest BCUT2D eigenvalue weighted by atomic mass is 32.2. The molecule has 1 saturated carbocycles. The summed E-state index contributed by atoms with van der Waals surface area (Å²) in [6.07, 6.45) is 3.78. The predicted octanol–water partition coefficient (Wildman–Crippen LogP) is 4.00. The molecule has 3 N–H and O–H groups in total. The Hall–Kier alpha value is -4.22. The van der Waals surface area contributed by atoms with Gasteiger partial charge in [0, 0.05) is 35.9 Å². The van der Waals surface area contributed by atoms with E-state index in [1.807, 2.05) is 6.07 Å². The zero-order chi connectivity index (χ0) is 28.4. The summed E-state index contributed by atoms with van der Waals surface area (Å²) in [4.78, 5) is 12.4. The molecule has 40 heavy (non-hydrogen) atoms. The maximum absolute atomic E-state index is 14.7. The Labute approximate surface area is 231 Å². The summed E-state index contributed by atoms with van der Waals surface area (Å²) in [6.45, 7) is -0.0852. The molecule has 4 aromatic rings. The minimum atomic E-state index is -4.19. The van der Waals surface area contributed by atoms with E-state index in [0.29, 0.717) is 23.0 Å². The number of amides is 1. The topological polar surface area (TPSA) is 126 Å². The molecule has 0 aliphatic heterocycles. The molecule has 3 aromatic carbocycles. The van der Waals surface area contributed by atoms with E-state index in [0.717, 1.165) is 18.5 Å². The maximum Gasteiger partial charge on any atom is 0.243 e. The number of carbonyl (C=O) groups excluding carboxylic acids is 1. The van der Waals surface area contributed by atoms with Crippen molar-refractivity contribution in [2.24, 2.45) is 5.73 Å². The highest BCUT2D eigenvalue weighted by Gasteiger charge is 2.29. The number of hydrogen-bond donors (Lipinski definition) is 2. The van der Waals surface area contributed by atoms with Crippen LogP contribution in [0.3, 0.4) is 0 Å². The average molecular weight is 565 g/mol. The van der Waals surface area contributed by atoms with Gasteiger partial charge in [-0.05, 0) is 48.7 Å². The standard InChI is InChI=1S/C29H29FN4O5S/c1-38-21-11-9-20(26(16-21)39-2)17-32-40(36,37)27-15-19(28(29(31)35)22-5-3-4-6-23(22)30)10-12-25(27)34-14-13-24(33-34)18-7-8-18/h3-6,9-16,18,28,32H,7-8,17H2,1-2H3,(H2,31,35). The number of ether oxygens (including phenoxy) is 2. The van der Waals surface area contributed by atoms with E-state index in [9.17, 15) is 17.6 Å². The van der Waals surface area contributed by atoms with Crippen molar-refractivity contribution in [1.29, 1.82) is 0 Å². The minimum absolute atomic E-state index is 0.0529. The number of carbonyl (C=O) groups is 1. The number of benzene rings is 3. The molecule has 1 heterocycles. The third-order valence-electron chi connectivity index (χ3n) is 6.91. The second-order valence-electron chi connectivity index (χ2n) is 9.55. The number of rotatable bonds is 11. The number of halogens is 1. The van der Waals surface area contributed by atoms with Crippen LogP contribution in [0.15, 0.2) is 77.8 Å². The Morgan fingerprint density at radius 2 is 1.88 bits per heavy atom. The first-order valence-electron chi connectivity index (χ1n) is 12.7. The van der Waals surface area contributed by atoms with Crippen LogP contribution in [-0.4, -0.2) is 38.3 Å². The van der Waals surface area contributed by atoms with E-state index >= 15 is 0 Å². The summed E-state index contributed by atoms with van der Waals surface area (Å²) in [5, 5.41) is 4.60. The van der Waals surface area contributed by atoms with E-state index in [-0.39, 0.29) is 28.3 Å². The first-order chi connectivity index (χ1) is 19.2. The molecule has 208 valence electrons. The van der Waals surface area contributed by atoms with Crippen molar-refractivity contribution in [3.8, 4) is 17.2 Å². The number of nitrogens with two attached hydrogens (primary N) is 1. The van der Waals surface area contributed by atoms with E-state index in [1.165, 1.54) is 43.2 Å². The van der Waals surface area contributed by atoms with Crippen LogP contribution >= 0.6 is 0 Å². The molecule has 1 fully saturated rings. The van der Waals surface area contributed by atoms with Crippen molar-refractivity contribution >= 4 is 15.9 Å². The van der Waals surface area contributed by atoms with Crippen LogP contribution in [0.5, 0.6) is 11.5 Å². The summed E-state index contributed by atoms with van der Waals surface area (Å²) in [6, 6.07) is 17.2. The van der Waals surface area contributed by atoms with E-state index in [2.05, 4.69) is 9.82 Å². The van der Waals surface area contributed by atoms with Crippen molar-refractivity contribution < 1.29 is 27.1 Å². The van der Waals surface area contributed by atoms with Gasteiger partial charge in [-0.3, -0.25) is 4.79 Å². The highest BCUT2D eigenvalue weighted by molar-refractivity contribution is 7.89. The summed E-state index contributed by atoms with van der Waals surface area (Å²) in [7, 11) is -1.18.